The first-order valence-electron chi connectivity index (χ1n) is 10.3. The van der Waals surface area contributed by atoms with Gasteiger partial charge in [-0.15, -0.1) is 0 Å². The fourth-order valence-corrected chi connectivity index (χ4v) is 4.61. The lowest BCUT2D eigenvalue weighted by molar-refractivity contribution is -0.0284. The molecule has 2 fully saturated rings. The lowest BCUT2D eigenvalue weighted by atomic mass is 9.72. The van der Waals surface area contributed by atoms with Crippen LogP contribution in [0.5, 0.6) is 0 Å². The van der Waals surface area contributed by atoms with Gasteiger partial charge in [0.1, 0.15) is 0 Å². The summed E-state index contributed by atoms with van der Waals surface area (Å²) >= 11 is 0. The molecular formula is C22H31BF2O2. The second kappa shape index (κ2) is 6.28. The molecule has 4 aliphatic rings. The molecule has 4 rings (SSSR count). The summed E-state index contributed by atoms with van der Waals surface area (Å²) in [4.78, 5) is 0. The average Bonchev–Trinajstić information content (AvgIpc) is 3.24. The maximum atomic E-state index is 13.4. The zero-order chi connectivity index (χ0) is 19.5. The van der Waals surface area contributed by atoms with Crippen LogP contribution in [0.1, 0.15) is 79.1 Å². The van der Waals surface area contributed by atoms with Gasteiger partial charge in [0.2, 0.25) is 0 Å². The Labute approximate surface area is 162 Å². The molecular weight excluding hydrogens is 345 g/mol. The first-order chi connectivity index (χ1) is 12.5. The molecule has 0 spiro atoms. The topological polar surface area (TPSA) is 18.5 Å². The number of halogens is 2. The van der Waals surface area contributed by atoms with Crippen molar-refractivity contribution in [2.24, 2.45) is 5.41 Å². The molecule has 0 amide bonds. The third-order valence-electron chi connectivity index (χ3n) is 7.21. The van der Waals surface area contributed by atoms with Crippen molar-refractivity contribution >= 4 is 7.12 Å². The molecule has 0 aromatic rings. The first-order valence-corrected chi connectivity index (χ1v) is 10.3. The molecule has 3 aliphatic carbocycles. The molecule has 1 saturated carbocycles. The molecule has 1 aliphatic heterocycles. The minimum atomic E-state index is -2.53. The van der Waals surface area contributed by atoms with Crippen molar-refractivity contribution in [3.8, 4) is 0 Å². The SMILES string of the molecule is CC1(CC2(C)OB(C3=CC=C(C4=CCC(F)(F)CC4)CC3)OC2(C)C)CC1. The van der Waals surface area contributed by atoms with Crippen LogP contribution in [-0.2, 0) is 9.31 Å². The van der Waals surface area contributed by atoms with Gasteiger partial charge >= 0.3 is 7.12 Å². The summed E-state index contributed by atoms with van der Waals surface area (Å²) in [7, 11) is -0.296. The van der Waals surface area contributed by atoms with Crippen molar-refractivity contribution in [3.63, 3.8) is 0 Å². The minimum Gasteiger partial charge on any atom is -0.400 e. The van der Waals surface area contributed by atoms with Gasteiger partial charge in [0, 0.05) is 12.8 Å². The fraction of sp³-hybridized carbons (Fsp3) is 0.727. The monoisotopic (exact) mass is 376 g/mol. The van der Waals surface area contributed by atoms with Gasteiger partial charge in [-0.05, 0) is 81.3 Å². The highest BCUT2D eigenvalue weighted by Gasteiger charge is 2.58. The summed E-state index contributed by atoms with van der Waals surface area (Å²) in [5, 5.41) is 0. The molecule has 1 unspecified atom stereocenters. The van der Waals surface area contributed by atoms with Crippen LogP contribution < -0.4 is 0 Å². The second-order valence-electron chi connectivity index (χ2n) is 10.0. The van der Waals surface area contributed by atoms with Gasteiger partial charge in [-0.25, -0.2) is 8.78 Å². The summed E-state index contributed by atoms with van der Waals surface area (Å²) in [6.07, 6.45) is 11.5. The highest BCUT2D eigenvalue weighted by Crippen LogP contribution is 2.56. The van der Waals surface area contributed by atoms with Gasteiger partial charge in [0.05, 0.1) is 11.2 Å². The van der Waals surface area contributed by atoms with Crippen LogP contribution >= 0.6 is 0 Å². The van der Waals surface area contributed by atoms with Crippen LogP contribution in [0.3, 0.4) is 0 Å². The van der Waals surface area contributed by atoms with Crippen molar-refractivity contribution in [1.82, 2.24) is 0 Å². The highest BCUT2D eigenvalue weighted by atomic mass is 19.3. The molecule has 5 heteroatoms. The summed E-state index contributed by atoms with van der Waals surface area (Å²) < 4.78 is 39.6. The van der Waals surface area contributed by atoms with Crippen molar-refractivity contribution in [1.29, 1.82) is 0 Å². The van der Waals surface area contributed by atoms with Gasteiger partial charge in [-0.3, -0.25) is 0 Å². The molecule has 148 valence electrons. The van der Waals surface area contributed by atoms with Crippen LogP contribution in [0, 0.1) is 5.41 Å². The Morgan fingerprint density at radius 3 is 2.22 bits per heavy atom. The maximum Gasteiger partial charge on any atom is 0.490 e. The third-order valence-corrected chi connectivity index (χ3v) is 7.21. The van der Waals surface area contributed by atoms with E-state index in [0.717, 1.165) is 24.8 Å². The average molecular weight is 376 g/mol. The summed E-state index contributed by atoms with van der Waals surface area (Å²) in [5.41, 5.74) is 3.24. The van der Waals surface area contributed by atoms with E-state index in [1.165, 1.54) is 23.9 Å². The molecule has 0 aromatic heterocycles. The van der Waals surface area contributed by atoms with Gasteiger partial charge in [0.15, 0.2) is 0 Å². The maximum absolute atomic E-state index is 13.4. The van der Waals surface area contributed by atoms with E-state index in [-0.39, 0.29) is 31.2 Å². The second-order valence-corrected chi connectivity index (χ2v) is 10.0. The quantitative estimate of drug-likeness (QED) is 0.546. The largest absolute Gasteiger partial charge is 0.490 e. The normalized spacial score (nSPS) is 34.0. The van der Waals surface area contributed by atoms with Crippen molar-refractivity contribution < 1.29 is 18.1 Å². The number of allylic oxidation sites excluding steroid dienone is 6. The van der Waals surface area contributed by atoms with Gasteiger partial charge in [-0.2, -0.15) is 0 Å². The summed E-state index contributed by atoms with van der Waals surface area (Å²) in [6.45, 7) is 8.79. The zero-order valence-electron chi connectivity index (χ0n) is 17.0. The Kier molecular flexibility index (Phi) is 4.51. The van der Waals surface area contributed by atoms with Crippen molar-refractivity contribution in [2.45, 2.75) is 96.2 Å². The molecule has 27 heavy (non-hydrogen) atoms. The molecule has 1 atom stereocenters. The zero-order valence-corrected chi connectivity index (χ0v) is 17.0. The number of alkyl halides is 2. The molecule has 0 radical (unpaired) electrons. The van der Waals surface area contributed by atoms with Crippen molar-refractivity contribution in [2.75, 3.05) is 0 Å². The lowest BCUT2D eigenvalue weighted by Crippen LogP contribution is -2.46. The van der Waals surface area contributed by atoms with E-state index in [2.05, 4.69) is 39.8 Å². The molecule has 0 bridgehead atoms. The fourth-order valence-electron chi connectivity index (χ4n) is 4.61. The van der Waals surface area contributed by atoms with E-state index in [4.69, 9.17) is 9.31 Å². The number of hydrogen-bond donors (Lipinski definition) is 0. The van der Waals surface area contributed by atoms with Crippen LogP contribution in [-0.4, -0.2) is 24.2 Å². The highest BCUT2D eigenvalue weighted by molar-refractivity contribution is 6.54. The lowest BCUT2D eigenvalue weighted by Gasteiger charge is -2.38. The van der Waals surface area contributed by atoms with E-state index in [1.54, 1.807) is 6.08 Å². The van der Waals surface area contributed by atoms with E-state index < -0.39 is 5.92 Å². The Balaban J connectivity index is 1.46. The van der Waals surface area contributed by atoms with Crippen LogP contribution in [0.2, 0.25) is 0 Å². The number of rotatable bonds is 4. The van der Waals surface area contributed by atoms with Crippen LogP contribution in [0.25, 0.3) is 0 Å². The number of hydrogen-bond acceptors (Lipinski definition) is 2. The standard InChI is InChI=1S/C22H31BF2O2/c1-19(2)21(4,15-20(3)13-14-20)27-23(26-19)18-7-5-16(6-8-18)17-9-11-22(24,25)12-10-17/h5,7,9H,6,8,10-15H2,1-4H3. The van der Waals surface area contributed by atoms with Gasteiger partial charge in [0.25, 0.3) is 5.92 Å². The smallest absolute Gasteiger partial charge is 0.400 e. The van der Waals surface area contributed by atoms with Gasteiger partial charge in [-0.1, -0.05) is 25.2 Å². The summed E-state index contributed by atoms with van der Waals surface area (Å²) in [6, 6.07) is 0. The van der Waals surface area contributed by atoms with Crippen LogP contribution in [0.15, 0.2) is 34.8 Å². The molecule has 0 N–H and O–H groups in total. The molecule has 1 heterocycles. The van der Waals surface area contributed by atoms with E-state index in [9.17, 15) is 8.78 Å². The predicted octanol–water partition coefficient (Wildman–Crippen LogP) is 6.18. The Morgan fingerprint density at radius 1 is 0.926 bits per heavy atom. The van der Waals surface area contributed by atoms with Crippen molar-refractivity contribution in [3.05, 3.63) is 34.8 Å². The molecule has 0 aromatic carbocycles. The van der Waals surface area contributed by atoms with Crippen LogP contribution in [0.4, 0.5) is 8.78 Å². The summed E-state index contributed by atoms with van der Waals surface area (Å²) in [5.74, 6) is -2.53. The Bertz CT molecular complexity index is 718. The molecule has 1 saturated heterocycles. The van der Waals surface area contributed by atoms with Gasteiger partial charge < -0.3 is 9.31 Å². The first kappa shape index (κ1) is 19.4. The van der Waals surface area contributed by atoms with E-state index >= 15 is 0 Å². The minimum absolute atomic E-state index is 0.0348. The predicted molar refractivity (Wildman–Crippen MR) is 105 cm³/mol. The van der Waals surface area contributed by atoms with E-state index in [0.29, 0.717) is 11.8 Å². The van der Waals surface area contributed by atoms with E-state index in [1.807, 2.05) is 0 Å². The Hall–Kier alpha value is -0.935. The molecule has 2 nitrogen and oxygen atoms in total. The Morgan fingerprint density at radius 2 is 1.67 bits per heavy atom. The third kappa shape index (κ3) is 3.82.